The molecule has 1 aliphatic carbocycles. The molecule has 1 atom stereocenters. The quantitative estimate of drug-likeness (QED) is 0.715. The van der Waals surface area contributed by atoms with E-state index in [2.05, 4.69) is 19.2 Å². The third-order valence-corrected chi connectivity index (χ3v) is 6.88. The number of likely N-dealkylation sites (tertiary alicyclic amines) is 1. The van der Waals surface area contributed by atoms with Crippen LogP contribution >= 0.6 is 0 Å². The highest BCUT2D eigenvalue weighted by atomic mass is 16.3. The molecule has 2 fully saturated rings. The van der Waals surface area contributed by atoms with Crippen molar-refractivity contribution in [2.75, 3.05) is 19.6 Å². The number of nitrogens with zero attached hydrogens (tertiary/aromatic N) is 2. The van der Waals surface area contributed by atoms with Crippen molar-refractivity contribution in [3.8, 4) is 0 Å². The van der Waals surface area contributed by atoms with E-state index in [1.54, 1.807) is 0 Å². The number of hydrogen-bond acceptors (Lipinski definition) is 4. The first kappa shape index (κ1) is 22.7. The number of carbonyl (C=O) groups is 2. The fraction of sp³-hybridized carbons (Fsp3) is 0.577. The van der Waals surface area contributed by atoms with E-state index >= 15 is 0 Å². The van der Waals surface area contributed by atoms with Gasteiger partial charge in [0.2, 0.25) is 5.91 Å². The third-order valence-electron chi connectivity index (χ3n) is 6.88. The molecule has 2 amide bonds. The first-order chi connectivity index (χ1) is 15.3. The SMILES string of the molecule is CC(C)CNC(=O)c1cc(C2CCN(C(=O)CC3(O)CCCCC3)C2)nc2ccccc12. The number of rotatable bonds is 6. The molecule has 2 aliphatic rings. The smallest absolute Gasteiger partial charge is 0.252 e. The molecule has 1 saturated heterocycles. The Morgan fingerprint density at radius 2 is 1.97 bits per heavy atom. The molecule has 2 aromatic rings. The Bertz CT molecular complexity index is 981. The molecule has 0 bridgehead atoms. The molecule has 1 saturated carbocycles. The maximum atomic E-state index is 12.9. The maximum Gasteiger partial charge on any atom is 0.252 e. The average Bonchev–Trinajstić information content (AvgIpc) is 3.27. The molecule has 1 aromatic heterocycles. The van der Waals surface area contributed by atoms with Crippen LogP contribution in [0, 0.1) is 5.92 Å². The molecule has 1 aliphatic heterocycles. The fourth-order valence-electron chi connectivity index (χ4n) is 4.99. The van der Waals surface area contributed by atoms with Crippen molar-refractivity contribution < 1.29 is 14.7 Å². The Labute approximate surface area is 190 Å². The minimum Gasteiger partial charge on any atom is -0.389 e. The number of carbonyl (C=O) groups excluding carboxylic acids is 2. The highest BCUT2D eigenvalue weighted by Gasteiger charge is 2.36. The molecule has 0 spiro atoms. The van der Waals surface area contributed by atoms with E-state index in [1.807, 2.05) is 35.2 Å². The van der Waals surface area contributed by atoms with Crippen LogP contribution in [0.2, 0.25) is 0 Å². The van der Waals surface area contributed by atoms with Crippen molar-refractivity contribution in [2.45, 2.75) is 70.3 Å². The Kier molecular flexibility index (Phi) is 6.79. The topological polar surface area (TPSA) is 82.5 Å². The van der Waals surface area contributed by atoms with Gasteiger partial charge in [0.15, 0.2) is 0 Å². The van der Waals surface area contributed by atoms with Gasteiger partial charge in [0, 0.05) is 36.6 Å². The summed E-state index contributed by atoms with van der Waals surface area (Å²) in [5.74, 6) is 0.428. The molecule has 0 radical (unpaired) electrons. The van der Waals surface area contributed by atoms with Gasteiger partial charge in [-0.25, -0.2) is 0 Å². The van der Waals surface area contributed by atoms with Gasteiger partial charge in [0.1, 0.15) is 0 Å². The van der Waals surface area contributed by atoms with Crippen molar-refractivity contribution in [1.29, 1.82) is 0 Å². The van der Waals surface area contributed by atoms with Gasteiger partial charge in [-0.3, -0.25) is 14.6 Å². The Hall–Kier alpha value is -2.47. The minimum absolute atomic E-state index is 0.0348. The average molecular weight is 438 g/mol. The number of aliphatic hydroxyl groups is 1. The molecule has 4 rings (SSSR count). The third kappa shape index (κ3) is 5.12. The van der Waals surface area contributed by atoms with Crippen LogP contribution in [-0.2, 0) is 4.79 Å². The van der Waals surface area contributed by atoms with Crippen LogP contribution in [0.15, 0.2) is 30.3 Å². The van der Waals surface area contributed by atoms with E-state index in [1.165, 1.54) is 0 Å². The second kappa shape index (κ2) is 9.57. The minimum atomic E-state index is -0.837. The summed E-state index contributed by atoms with van der Waals surface area (Å²) in [6.07, 6.45) is 5.61. The standard InChI is InChI=1S/C26H35N3O3/c1-18(2)16-27-25(31)21-14-23(28-22-9-5-4-8-20(21)22)19-10-13-29(17-19)24(30)15-26(32)11-6-3-7-12-26/h4-5,8-9,14,18-19,32H,3,6-7,10-13,15-17H2,1-2H3,(H,27,31). The van der Waals surface area contributed by atoms with Gasteiger partial charge < -0.3 is 15.3 Å². The summed E-state index contributed by atoms with van der Waals surface area (Å²) >= 11 is 0. The number of nitrogens with one attached hydrogen (secondary N) is 1. The molecular formula is C26H35N3O3. The zero-order valence-electron chi connectivity index (χ0n) is 19.3. The first-order valence-corrected chi connectivity index (χ1v) is 12.0. The van der Waals surface area contributed by atoms with Crippen molar-refractivity contribution in [3.05, 3.63) is 41.6 Å². The lowest BCUT2D eigenvalue weighted by Crippen LogP contribution is -2.39. The molecule has 2 N–H and O–H groups in total. The fourth-order valence-corrected chi connectivity index (χ4v) is 4.99. The molecular weight excluding hydrogens is 402 g/mol. The lowest BCUT2D eigenvalue weighted by molar-refractivity contribution is -0.136. The van der Waals surface area contributed by atoms with Gasteiger partial charge >= 0.3 is 0 Å². The van der Waals surface area contributed by atoms with Crippen LogP contribution in [0.25, 0.3) is 10.9 Å². The Morgan fingerprint density at radius 1 is 1.22 bits per heavy atom. The van der Waals surface area contributed by atoms with E-state index in [4.69, 9.17) is 4.98 Å². The number of amides is 2. The summed E-state index contributed by atoms with van der Waals surface area (Å²) in [7, 11) is 0. The predicted molar refractivity (Wildman–Crippen MR) is 126 cm³/mol. The molecule has 6 heteroatoms. The van der Waals surface area contributed by atoms with Crippen LogP contribution in [0.3, 0.4) is 0 Å². The van der Waals surface area contributed by atoms with E-state index in [9.17, 15) is 14.7 Å². The van der Waals surface area contributed by atoms with Crippen molar-refractivity contribution in [2.24, 2.45) is 5.92 Å². The first-order valence-electron chi connectivity index (χ1n) is 12.0. The van der Waals surface area contributed by atoms with Gasteiger partial charge in [0.25, 0.3) is 5.91 Å². The number of aromatic nitrogens is 1. The number of benzene rings is 1. The highest BCUT2D eigenvalue weighted by Crippen LogP contribution is 2.34. The van der Waals surface area contributed by atoms with Gasteiger partial charge in [-0.15, -0.1) is 0 Å². The summed E-state index contributed by atoms with van der Waals surface area (Å²) < 4.78 is 0. The zero-order chi connectivity index (χ0) is 22.7. The Balaban J connectivity index is 1.51. The normalized spacial score (nSPS) is 20.6. The number of hydrogen-bond donors (Lipinski definition) is 2. The lowest BCUT2D eigenvalue weighted by Gasteiger charge is -2.32. The van der Waals surface area contributed by atoms with Crippen LogP contribution < -0.4 is 5.32 Å². The van der Waals surface area contributed by atoms with E-state index in [-0.39, 0.29) is 24.2 Å². The van der Waals surface area contributed by atoms with E-state index in [0.717, 1.165) is 55.1 Å². The van der Waals surface area contributed by atoms with Crippen LogP contribution in [0.5, 0.6) is 0 Å². The van der Waals surface area contributed by atoms with Crippen LogP contribution in [0.4, 0.5) is 0 Å². The van der Waals surface area contributed by atoms with Crippen LogP contribution in [-0.4, -0.2) is 52.0 Å². The highest BCUT2D eigenvalue weighted by molar-refractivity contribution is 6.06. The summed E-state index contributed by atoms with van der Waals surface area (Å²) in [6, 6.07) is 9.64. The van der Waals surface area contributed by atoms with Gasteiger partial charge in [-0.2, -0.15) is 0 Å². The number of fused-ring (bicyclic) bond motifs is 1. The molecule has 1 aromatic carbocycles. The van der Waals surface area contributed by atoms with Crippen molar-refractivity contribution >= 4 is 22.7 Å². The molecule has 6 nitrogen and oxygen atoms in total. The van der Waals surface area contributed by atoms with Gasteiger partial charge in [0.05, 0.1) is 23.1 Å². The van der Waals surface area contributed by atoms with Gasteiger partial charge in [-0.1, -0.05) is 51.3 Å². The van der Waals surface area contributed by atoms with E-state index < -0.39 is 5.60 Å². The van der Waals surface area contributed by atoms with E-state index in [0.29, 0.717) is 31.1 Å². The molecule has 2 heterocycles. The number of pyridine rings is 1. The van der Waals surface area contributed by atoms with Gasteiger partial charge in [-0.05, 0) is 37.3 Å². The largest absolute Gasteiger partial charge is 0.389 e. The van der Waals surface area contributed by atoms with Crippen LogP contribution in [0.1, 0.15) is 80.8 Å². The predicted octanol–water partition coefficient (Wildman–Crippen LogP) is 4.02. The Morgan fingerprint density at radius 3 is 2.72 bits per heavy atom. The second-order valence-corrected chi connectivity index (χ2v) is 10.0. The lowest BCUT2D eigenvalue weighted by atomic mass is 9.82. The molecule has 172 valence electrons. The summed E-state index contributed by atoms with van der Waals surface area (Å²) in [5, 5.41) is 14.7. The van der Waals surface area contributed by atoms with Crippen molar-refractivity contribution in [3.63, 3.8) is 0 Å². The summed E-state index contributed by atoms with van der Waals surface area (Å²) in [6.45, 7) is 6.03. The maximum absolute atomic E-state index is 12.9. The molecule has 1 unspecified atom stereocenters. The molecule has 32 heavy (non-hydrogen) atoms. The zero-order valence-corrected chi connectivity index (χ0v) is 19.3. The number of para-hydroxylation sites is 1. The monoisotopic (exact) mass is 437 g/mol. The second-order valence-electron chi connectivity index (χ2n) is 10.0. The summed E-state index contributed by atoms with van der Waals surface area (Å²) in [5.41, 5.74) is 1.48. The van der Waals surface area contributed by atoms with Crippen molar-refractivity contribution in [1.82, 2.24) is 15.2 Å². The summed E-state index contributed by atoms with van der Waals surface area (Å²) in [4.78, 5) is 32.6.